The van der Waals surface area contributed by atoms with E-state index >= 15 is 0 Å². The maximum Gasteiger partial charge on any atom is 0.376 e. The number of hydrogen-bond acceptors (Lipinski definition) is 5. The molecule has 0 fully saturated rings. The van der Waals surface area contributed by atoms with Crippen LogP contribution < -0.4 is 20.8 Å². The van der Waals surface area contributed by atoms with Crippen molar-refractivity contribution in [2.24, 2.45) is 12.2 Å². The SMILES string of the molecule is Cn1cc[n+](CC(=O)ON=c2c(=O)c3ccccc3c2=O)c1. The molecule has 7 heteroatoms. The van der Waals surface area contributed by atoms with Crippen LogP contribution in [0.25, 0.3) is 10.8 Å². The van der Waals surface area contributed by atoms with E-state index in [0.717, 1.165) is 0 Å². The Morgan fingerprint density at radius 1 is 1.23 bits per heavy atom. The van der Waals surface area contributed by atoms with E-state index in [1.807, 2.05) is 7.05 Å². The first-order valence-corrected chi connectivity index (χ1v) is 6.53. The van der Waals surface area contributed by atoms with E-state index in [4.69, 9.17) is 0 Å². The summed E-state index contributed by atoms with van der Waals surface area (Å²) in [6, 6.07) is 6.40. The highest BCUT2D eigenvalue weighted by Crippen LogP contribution is 2.01. The quantitative estimate of drug-likeness (QED) is 0.357. The number of fused-ring (bicyclic) bond motifs is 1. The molecule has 0 saturated carbocycles. The number of aryl methyl sites for hydroxylation is 1. The maximum atomic E-state index is 12.0. The Balaban J connectivity index is 1.88. The molecule has 0 bridgehead atoms. The molecule has 2 aromatic carbocycles. The number of benzene rings is 1. The molecule has 1 heterocycles. The third-order valence-electron chi connectivity index (χ3n) is 3.22. The second-order valence-electron chi connectivity index (χ2n) is 4.86. The Kier molecular flexibility index (Phi) is 3.38. The minimum absolute atomic E-state index is 0.0626. The van der Waals surface area contributed by atoms with Crippen molar-refractivity contribution in [1.82, 2.24) is 4.57 Å². The summed E-state index contributed by atoms with van der Waals surface area (Å²) >= 11 is 0. The number of carbonyl (C=O) groups excluding carboxylic acids is 1. The average Bonchev–Trinajstić information content (AvgIpc) is 3.01. The van der Waals surface area contributed by atoms with Crippen LogP contribution in [0.1, 0.15) is 0 Å². The number of hydrogen-bond donors (Lipinski definition) is 0. The molecular formula is C15H12N3O4+. The molecule has 22 heavy (non-hydrogen) atoms. The summed E-state index contributed by atoms with van der Waals surface area (Å²) in [4.78, 5) is 40.4. The first-order chi connectivity index (χ1) is 10.6. The Morgan fingerprint density at radius 3 is 2.41 bits per heavy atom. The maximum absolute atomic E-state index is 12.0. The van der Waals surface area contributed by atoms with Gasteiger partial charge in [-0.05, 0) is 0 Å². The highest BCUT2D eigenvalue weighted by atomic mass is 16.7. The van der Waals surface area contributed by atoms with E-state index in [1.165, 1.54) is 0 Å². The van der Waals surface area contributed by atoms with Gasteiger partial charge in [0.1, 0.15) is 12.4 Å². The zero-order valence-corrected chi connectivity index (χ0v) is 11.7. The van der Waals surface area contributed by atoms with E-state index in [9.17, 15) is 14.4 Å². The monoisotopic (exact) mass is 298 g/mol. The van der Waals surface area contributed by atoms with Gasteiger partial charge in [-0.1, -0.05) is 29.4 Å². The van der Waals surface area contributed by atoms with Gasteiger partial charge in [-0.25, -0.2) is 13.9 Å². The molecule has 3 aromatic rings. The van der Waals surface area contributed by atoms with Gasteiger partial charge < -0.3 is 4.84 Å². The van der Waals surface area contributed by atoms with Gasteiger partial charge in [0.05, 0.1) is 7.05 Å². The first kappa shape index (κ1) is 13.9. The number of carbonyl (C=O) groups is 1. The topological polar surface area (TPSA) is 81.6 Å². The number of nitrogens with zero attached hydrogens (tertiary/aromatic N) is 3. The second-order valence-corrected chi connectivity index (χ2v) is 4.86. The summed E-state index contributed by atoms with van der Waals surface area (Å²) in [7, 11) is 1.81. The molecule has 3 rings (SSSR count). The number of rotatable bonds is 3. The van der Waals surface area contributed by atoms with Gasteiger partial charge in [0, 0.05) is 10.8 Å². The van der Waals surface area contributed by atoms with E-state index in [1.54, 1.807) is 52.1 Å². The molecule has 110 valence electrons. The molecule has 0 amide bonds. The number of imidazole rings is 1. The third kappa shape index (κ3) is 2.44. The van der Waals surface area contributed by atoms with Crippen LogP contribution in [0.15, 0.2) is 57.7 Å². The molecule has 0 aliphatic rings. The van der Waals surface area contributed by atoms with Crippen molar-refractivity contribution >= 4 is 16.7 Å². The lowest BCUT2D eigenvalue weighted by Crippen LogP contribution is -2.37. The summed E-state index contributed by atoms with van der Waals surface area (Å²) in [5.41, 5.74) is -1.05. The zero-order chi connectivity index (χ0) is 15.7. The van der Waals surface area contributed by atoms with Crippen molar-refractivity contribution in [2.75, 3.05) is 0 Å². The van der Waals surface area contributed by atoms with Crippen LogP contribution in [0.5, 0.6) is 0 Å². The van der Waals surface area contributed by atoms with Gasteiger partial charge in [-0.15, -0.1) is 0 Å². The molecular weight excluding hydrogens is 286 g/mol. The molecule has 0 atom stereocenters. The summed E-state index contributed by atoms with van der Waals surface area (Å²) < 4.78 is 3.36. The van der Waals surface area contributed by atoms with Crippen molar-refractivity contribution < 1.29 is 14.2 Å². The van der Waals surface area contributed by atoms with Gasteiger partial charge in [0.15, 0.2) is 11.9 Å². The summed E-state index contributed by atoms with van der Waals surface area (Å²) in [6.07, 6.45) is 5.14. The van der Waals surface area contributed by atoms with Crippen LogP contribution in [-0.4, -0.2) is 10.5 Å². The van der Waals surface area contributed by atoms with Crippen molar-refractivity contribution in [3.8, 4) is 0 Å². The Bertz CT molecular complexity index is 959. The number of aromatic nitrogens is 2. The van der Waals surface area contributed by atoms with Crippen LogP contribution in [-0.2, 0) is 23.2 Å². The third-order valence-corrected chi connectivity index (χ3v) is 3.22. The van der Waals surface area contributed by atoms with Crippen LogP contribution >= 0.6 is 0 Å². The van der Waals surface area contributed by atoms with E-state index < -0.39 is 16.8 Å². The second kappa shape index (κ2) is 5.36. The standard InChI is InChI=1S/C15H12N3O4/c1-17-6-7-18(9-17)8-12(19)22-16-13-14(20)10-4-2-3-5-11(10)15(13)21/h2-7,9H,8H2,1H3/q+1. The molecule has 0 N–H and O–H groups in total. The molecule has 0 aliphatic heterocycles. The average molecular weight is 298 g/mol. The Hall–Kier alpha value is -3.09. The normalized spacial score (nSPS) is 10.8. The zero-order valence-electron chi connectivity index (χ0n) is 11.7. The van der Waals surface area contributed by atoms with Crippen LogP contribution in [0.2, 0.25) is 0 Å². The highest BCUT2D eigenvalue weighted by Gasteiger charge is 2.13. The predicted molar refractivity (Wildman–Crippen MR) is 76.1 cm³/mol. The fourth-order valence-corrected chi connectivity index (χ4v) is 2.19. The lowest BCUT2D eigenvalue weighted by Gasteiger charge is -1.93. The molecule has 0 saturated heterocycles. The lowest BCUT2D eigenvalue weighted by atomic mass is 10.2. The lowest BCUT2D eigenvalue weighted by molar-refractivity contribution is -0.685. The highest BCUT2D eigenvalue weighted by molar-refractivity contribution is 5.83. The summed E-state index contributed by atoms with van der Waals surface area (Å²) in [6.45, 7) is -0.0626. The van der Waals surface area contributed by atoms with E-state index in [2.05, 4.69) is 9.99 Å². The van der Waals surface area contributed by atoms with Crippen LogP contribution in [0, 0.1) is 0 Å². The molecule has 0 aliphatic carbocycles. The van der Waals surface area contributed by atoms with Crippen molar-refractivity contribution in [3.63, 3.8) is 0 Å². The van der Waals surface area contributed by atoms with Gasteiger partial charge in [-0.3, -0.25) is 9.59 Å². The van der Waals surface area contributed by atoms with Gasteiger partial charge >= 0.3 is 5.97 Å². The fraction of sp³-hybridized carbons (Fsp3) is 0.133. The van der Waals surface area contributed by atoms with Gasteiger partial charge in [0.25, 0.3) is 0 Å². The van der Waals surface area contributed by atoms with Crippen molar-refractivity contribution in [1.29, 1.82) is 0 Å². The Morgan fingerprint density at radius 2 is 1.86 bits per heavy atom. The largest absolute Gasteiger partial charge is 0.376 e. The molecule has 7 nitrogen and oxygen atoms in total. The van der Waals surface area contributed by atoms with E-state index in [0.29, 0.717) is 0 Å². The minimum Gasteiger partial charge on any atom is -0.313 e. The summed E-state index contributed by atoms with van der Waals surface area (Å²) in [5.74, 6) is -0.666. The van der Waals surface area contributed by atoms with Gasteiger partial charge in [0.2, 0.25) is 17.2 Å². The smallest absolute Gasteiger partial charge is 0.313 e. The molecule has 0 radical (unpaired) electrons. The van der Waals surface area contributed by atoms with Crippen molar-refractivity contribution in [2.45, 2.75) is 6.54 Å². The van der Waals surface area contributed by atoms with E-state index in [-0.39, 0.29) is 22.7 Å². The van der Waals surface area contributed by atoms with Crippen LogP contribution in [0.3, 0.4) is 0 Å². The minimum atomic E-state index is -0.666. The molecule has 0 unspecified atom stereocenters. The molecule has 1 aromatic heterocycles. The molecule has 0 spiro atoms. The summed E-state index contributed by atoms with van der Waals surface area (Å²) in [5, 5.41) is 3.64. The van der Waals surface area contributed by atoms with Crippen LogP contribution in [0.4, 0.5) is 0 Å². The predicted octanol–water partition coefficient (Wildman–Crippen LogP) is -0.879. The Labute approximate surface area is 124 Å². The fourth-order valence-electron chi connectivity index (χ4n) is 2.19. The van der Waals surface area contributed by atoms with Gasteiger partial charge in [-0.2, -0.15) is 0 Å². The van der Waals surface area contributed by atoms with Crippen molar-refractivity contribution in [3.05, 3.63) is 68.8 Å². The first-order valence-electron chi connectivity index (χ1n) is 6.53.